The minimum absolute atomic E-state index is 0.181. The Balaban J connectivity index is 2.41. The van der Waals surface area contributed by atoms with Crippen molar-refractivity contribution in [2.45, 2.75) is 18.9 Å². The predicted molar refractivity (Wildman–Crippen MR) is 56.8 cm³/mol. The topological polar surface area (TPSA) is 52.0 Å². The second-order valence-electron chi connectivity index (χ2n) is 3.90. The molecule has 1 unspecified atom stereocenters. The maximum absolute atomic E-state index is 11.4. The molecule has 6 heteroatoms. The quantitative estimate of drug-likeness (QED) is 0.775. The van der Waals surface area contributed by atoms with Crippen LogP contribution in [0.25, 0.3) is 0 Å². The lowest BCUT2D eigenvalue weighted by Gasteiger charge is -2.23. The summed E-state index contributed by atoms with van der Waals surface area (Å²) in [5, 5.41) is 4.14. The van der Waals surface area contributed by atoms with Crippen molar-refractivity contribution in [2.75, 3.05) is 11.5 Å². The first-order chi connectivity index (χ1) is 6.43. The van der Waals surface area contributed by atoms with Gasteiger partial charge in [0.2, 0.25) is 0 Å². The third-order valence-electron chi connectivity index (χ3n) is 2.59. The molecule has 0 N–H and O–H groups in total. The maximum atomic E-state index is 11.4. The lowest BCUT2D eigenvalue weighted by Crippen LogP contribution is -2.32. The van der Waals surface area contributed by atoms with E-state index in [1.54, 1.807) is 10.9 Å². The third-order valence-corrected chi connectivity index (χ3v) is 5.08. The minimum atomic E-state index is -2.88. The van der Waals surface area contributed by atoms with Gasteiger partial charge in [0.15, 0.2) is 9.84 Å². The maximum Gasteiger partial charge on any atom is 0.152 e. The Morgan fingerprint density at radius 3 is 2.79 bits per heavy atom. The molecule has 1 aliphatic heterocycles. The second-order valence-corrected chi connectivity index (χ2v) is 6.90. The summed E-state index contributed by atoms with van der Waals surface area (Å²) >= 11 is 3.35. The van der Waals surface area contributed by atoms with Crippen LogP contribution in [0.3, 0.4) is 0 Å². The Morgan fingerprint density at radius 1 is 1.64 bits per heavy atom. The summed E-state index contributed by atoms with van der Waals surface area (Å²) in [6.45, 7) is 1.93. The first-order valence-electron chi connectivity index (χ1n) is 4.33. The Hall–Kier alpha value is -0.360. The van der Waals surface area contributed by atoms with Gasteiger partial charge in [-0.2, -0.15) is 5.10 Å². The molecule has 1 fully saturated rings. The molecule has 0 aliphatic carbocycles. The average molecular weight is 279 g/mol. The molecule has 2 heterocycles. The van der Waals surface area contributed by atoms with Crippen molar-refractivity contribution in [2.24, 2.45) is 0 Å². The Morgan fingerprint density at radius 2 is 2.36 bits per heavy atom. The first kappa shape index (κ1) is 10.2. The molecule has 0 saturated carbocycles. The van der Waals surface area contributed by atoms with Gasteiger partial charge in [0.1, 0.15) is 4.60 Å². The highest BCUT2D eigenvalue weighted by Gasteiger charge is 2.41. The van der Waals surface area contributed by atoms with Gasteiger partial charge in [-0.1, -0.05) is 0 Å². The molecule has 1 saturated heterocycles. The fraction of sp³-hybridized carbons (Fsp3) is 0.625. The van der Waals surface area contributed by atoms with E-state index in [0.717, 1.165) is 4.60 Å². The number of nitrogens with zero attached hydrogens (tertiary/aromatic N) is 2. The van der Waals surface area contributed by atoms with Gasteiger partial charge in [-0.15, -0.1) is 0 Å². The summed E-state index contributed by atoms with van der Waals surface area (Å²) in [6, 6.07) is 1.82. The van der Waals surface area contributed by atoms with Crippen LogP contribution in [0.4, 0.5) is 0 Å². The molecular formula is C8H11BrN2O2S. The summed E-state index contributed by atoms with van der Waals surface area (Å²) < 4.78 is 25.4. The fourth-order valence-electron chi connectivity index (χ4n) is 1.85. The number of sulfone groups is 1. The van der Waals surface area contributed by atoms with Gasteiger partial charge in [-0.05, 0) is 35.3 Å². The standard InChI is InChI=1S/C8H11BrN2O2S/c1-8(3-5-14(12,13)6-8)11-7(9)2-4-10-11/h2,4H,3,5-6H2,1H3. The minimum Gasteiger partial charge on any atom is -0.252 e. The lowest BCUT2D eigenvalue weighted by molar-refractivity contribution is 0.322. The molecule has 0 aromatic carbocycles. The lowest BCUT2D eigenvalue weighted by atomic mass is 10.0. The third kappa shape index (κ3) is 1.61. The van der Waals surface area contributed by atoms with E-state index in [4.69, 9.17) is 0 Å². The number of rotatable bonds is 1. The average Bonchev–Trinajstić information content (AvgIpc) is 2.57. The molecule has 78 valence electrons. The van der Waals surface area contributed by atoms with E-state index in [1.165, 1.54) is 0 Å². The zero-order chi connectivity index (χ0) is 10.4. The number of hydrogen-bond acceptors (Lipinski definition) is 3. The molecule has 1 aromatic rings. The van der Waals surface area contributed by atoms with Gasteiger partial charge in [-0.3, -0.25) is 4.68 Å². The van der Waals surface area contributed by atoms with E-state index >= 15 is 0 Å². The monoisotopic (exact) mass is 278 g/mol. The van der Waals surface area contributed by atoms with Crippen molar-refractivity contribution < 1.29 is 8.42 Å². The van der Waals surface area contributed by atoms with Crippen LogP contribution in [0.5, 0.6) is 0 Å². The molecule has 0 bridgehead atoms. The normalized spacial score (nSPS) is 30.7. The van der Waals surface area contributed by atoms with E-state index in [2.05, 4.69) is 21.0 Å². The summed E-state index contributed by atoms with van der Waals surface area (Å²) in [6.07, 6.45) is 2.30. The van der Waals surface area contributed by atoms with Gasteiger partial charge in [0, 0.05) is 0 Å². The van der Waals surface area contributed by atoms with Crippen LogP contribution in [0.2, 0.25) is 0 Å². The highest BCUT2D eigenvalue weighted by atomic mass is 79.9. The summed E-state index contributed by atoms with van der Waals surface area (Å²) in [7, 11) is -2.88. The van der Waals surface area contributed by atoms with Crippen molar-refractivity contribution in [3.05, 3.63) is 16.9 Å². The van der Waals surface area contributed by atoms with Crippen LogP contribution >= 0.6 is 15.9 Å². The van der Waals surface area contributed by atoms with Gasteiger partial charge in [0.25, 0.3) is 0 Å². The zero-order valence-corrected chi connectivity index (χ0v) is 10.2. The van der Waals surface area contributed by atoms with Gasteiger partial charge < -0.3 is 0 Å². The Bertz CT molecular complexity index is 454. The van der Waals surface area contributed by atoms with E-state index in [9.17, 15) is 8.42 Å². The van der Waals surface area contributed by atoms with Crippen LogP contribution in [-0.2, 0) is 15.4 Å². The number of hydrogen-bond donors (Lipinski definition) is 0. The Kier molecular flexibility index (Phi) is 2.23. The van der Waals surface area contributed by atoms with E-state index < -0.39 is 9.84 Å². The molecular weight excluding hydrogens is 268 g/mol. The molecule has 0 spiro atoms. The highest BCUT2D eigenvalue weighted by Crippen LogP contribution is 2.32. The largest absolute Gasteiger partial charge is 0.252 e. The smallest absolute Gasteiger partial charge is 0.152 e. The molecule has 14 heavy (non-hydrogen) atoms. The zero-order valence-electron chi connectivity index (χ0n) is 7.77. The van der Waals surface area contributed by atoms with Crippen molar-refractivity contribution in [1.29, 1.82) is 0 Å². The summed E-state index contributed by atoms with van der Waals surface area (Å²) in [5.74, 6) is 0.441. The van der Waals surface area contributed by atoms with Gasteiger partial charge >= 0.3 is 0 Å². The summed E-state index contributed by atoms with van der Waals surface area (Å²) in [4.78, 5) is 0. The highest BCUT2D eigenvalue weighted by molar-refractivity contribution is 9.10. The molecule has 4 nitrogen and oxygen atoms in total. The molecule has 2 rings (SSSR count). The van der Waals surface area contributed by atoms with Crippen LogP contribution in [0, 0.1) is 0 Å². The van der Waals surface area contributed by atoms with Crippen molar-refractivity contribution in [1.82, 2.24) is 9.78 Å². The first-order valence-corrected chi connectivity index (χ1v) is 6.95. The van der Waals surface area contributed by atoms with E-state index in [0.29, 0.717) is 6.42 Å². The van der Waals surface area contributed by atoms with E-state index in [1.807, 2.05) is 13.0 Å². The summed E-state index contributed by atoms with van der Waals surface area (Å²) in [5.41, 5.74) is -0.388. The van der Waals surface area contributed by atoms with Crippen molar-refractivity contribution >= 4 is 25.8 Å². The Labute approximate surface area is 91.4 Å². The van der Waals surface area contributed by atoms with Crippen LogP contribution in [0.15, 0.2) is 16.9 Å². The molecule has 0 radical (unpaired) electrons. The predicted octanol–water partition coefficient (Wildman–Crippen LogP) is 1.18. The molecule has 1 aromatic heterocycles. The van der Waals surface area contributed by atoms with Crippen LogP contribution in [-0.4, -0.2) is 29.7 Å². The molecule has 1 atom stereocenters. The molecule has 1 aliphatic rings. The van der Waals surface area contributed by atoms with Crippen LogP contribution in [0.1, 0.15) is 13.3 Å². The molecule has 0 amide bonds. The van der Waals surface area contributed by atoms with Gasteiger partial charge in [-0.25, -0.2) is 8.42 Å². The fourth-order valence-corrected chi connectivity index (χ4v) is 4.59. The van der Waals surface area contributed by atoms with Crippen LogP contribution < -0.4 is 0 Å². The second kappa shape index (κ2) is 3.06. The van der Waals surface area contributed by atoms with E-state index in [-0.39, 0.29) is 17.0 Å². The number of aromatic nitrogens is 2. The SMILES string of the molecule is CC1(n2nccc2Br)CCS(=O)(=O)C1. The van der Waals surface area contributed by atoms with Gasteiger partial charge in [0.05, 0.1) is 23.2 Å². The number of halogens is 1. The van der Waals surface area contributed by atoms with Crippen molar-refractivity contribution in [3.63, 3.8) is 0 Å². The van der Waals surface area contributed by atoms with Crippen molar-refractivity contribution in [3.8, 4) is 0 Å².